The number of esters is 1. The lowest BCUT2D eigenvalue weighted by molar-refractivity contribution is -0.158. The van der Waals surface area contributed by atoms with Gasteiger partial charge in [-0.1, -0.05) is 63.3 Å². The van der Waals surface area contributed by atoms with Crippen molar-refractivity contribution in [3.8, 4) is 0 Å². The van der Waals surface area contributed by atoms with E-state index in [9.17, 15) is 4.79 Å². The summed E-state index contributed by atoms with van der Waals surface area (Å²) < 4.78 is 16.4. The van der Waals surface area contributed by atoms with Gasteiger partial charge in [-0.2, -0.15) is 0 Å². The Morgan fingerprint density at radius 3 is 2.25 bits per heavy atom. The summed E-state index contributed by atoms with van der Waals surface area (Å²) >= 11 is 0. The van der Waals surface area contributed by atoms with Crippen molar-refractivity contribution in [1.29, 1.82) is 0 Å². The maximum Gasteiger partial charge on any atom is 0.305 e. The summed E-state index contributed by atoms with van der Waals surface area (Å²) in [7, 11) is 0. The fourth-order valence-corrected chi connectivity index (χ4v) is 3.18. The van der Waals surface area contributed by atoms with Crippen LogP contribution in [0.4, 0.5) is 0 Å². The number of hydrogen-bond donors (Lipinski definition) is 0. The second kappa shape index (κ2) is 15.8. The van der Waals surface area contributed by atoms with Gasteiger partial charge in [-0.15, -0.1) is 0 Å². The SMILES string of the molecule is CCCCC/C=C/C/C=C/CCCCCCCC(=O)OC[C@@H]1COC(C)(C)O1. The van der Waals surface area contributed by atoms with E-state index in [-0.39, 0.29) is 12.1 Å². The lowest BCUT2D eigenvalue weighted by Gasteiger charge is -2.16. The molecular formula is C24H42O4. The first-order chi connectivity index (χ1) is 13.5. The van der Waals surface area contributed by atoms with Crippen molar-refractivity contribution in [3.05, 3.63) is 24.3 Å². The molecule has 1 heterocycles. The second-order valence-electron chi connectivity index (χ2n) is 8.11. The van der Waals surface area contributed by atoms with Gasteiger partial charge in [-0.25, -0.2) is 0 Å². The molecular weight excluding hydrogens is 352 g/mol. The van der Waals surface area contributed by atoms with Crippen LogP contribution in [0.2, 0.25) is 0 Å². The summed E-state index contributed by atoms with van der Waals surface area (Å²) in [5.41, 5.74) is 0. The van der Waals surface area contributed by atoms with E-state index in [1.807, 2.05) is 13.8 Å². The van der Waals surface area contributed by atoms with Gasteiger partial charge in [0.1, 0.15) is 12.7 Å². The third-order valence-corrected chi connectivity index (χ3v) is 4.83. The lowest BCUT2D eigenvalue weighted by atomic mass is 10.1. The largest absolute Gasteiger partial charge is 0.463 e. The van der Waals surface area contributed by atoms with Crippen molar-refractivity contribution in [2.45, 2.75) is 110 Å². The number of carbonyl (C=O) groups is 1. The summed E-state index contributed by atoms with van der Waals surface area (Å²) in [6.45, 7) is 6.77. The molecule has 4 heteroatoms. The molecule has 1 fully saturated rings. The van der Waals surface area contributed by atoms with Crippen molar-refractivity contribution in [1.82, 2.24) is 0 Å². The third-order valence-electron chi connectivity index (χ3n) is 4.83. The van der Waals surface area contributed by atoms with Gasteiger partial charge in [-0.05, 0) is 52.4 Å². The quantitative estimate of drug-likeness (QED) is 0.170. The van der Waals surface area contributed by atoms with E-state index < -0.39 is 5.79 Å². The maximum absolute atomic E-state index is 11.8. The molecule has 0 N–H and O–H groups in total. The number of unbranched alkanes of at least 4 members (excludes halogenated alkanes) is 8. The zero-order valence-corrected chi connectivity index (χ0v) is 18.4. The molecule has 1 saturated heterocycles. The first kappa shape index (κ1) is 24.9. The van der Waals surface area contributed by atoms with Crippen molar-refractivity contribution in [3.63, 3.8) is 0 Å². The van der Waals surface area contributed by atoms with E-state index in [4.69, 9.17) is 14.2 Å². The topological polar surface area (TPSA) is 44.8 Å². The van der Waals surface area contributed by atoms with E-state index in [1.165, 1.54) is 44.9 Å². The average molecular weight is 395 g/mol. The fourth-order valence-electron chi connectivity index (χ4n) is 3.18. The normalized spacial score (nSPS) is 19.0. The van der Waals surface area contributed by atoms with Crippen LogP contribution in [0.5, 0.6) is 0 Å². The number of hydrogen-bond acceptors (Lipinski definition) is 4. The fraction of sp³-hybridized carbons (Fsp3) is 0.792. The predicted molar refractivity (Wildman–Crippen MR) is 115 cm³/mol. The van der Waals surface area contributed by atoms with E-state index in [2.05, 4.69) is 31.2 Å². The molecule has 0 aromatic heterocycles. The molecule has 162 valence electrons. The Bertz CT molecular complexity index is 454. The van der Waals surface area contributed by atoms with Crippen LogP contribution in [0.25, 0.3) is 0 Å². The molecule has 0 aliphatic carbocycles. The molecule has 0 aromatic carbocycles. The molecule has 1 aliphatic rings. The van der Waals surface area contributed by atoms with Crippen LogP contribution in [-0.4, -0.2) is 31.1 Å². The Morgan fingerprint density at radius 1 is 0.964 bits per heavy atom. The van der Waals surface area contributed by atoms with Crippen LogP contribution in [-0.2, 0) is 19.0 Å². The number of rotatable bonds is 16. The van der Waals surface area contributed by atoms with Gasteiger partial charge >= 0.3 is 5.97 Å². The summed E-state index contributed by atoms with van der Waals surface area (Å²) in [5.74, 6) is -0.684. The summed E-state index contributed by atoms with van der Waals surface area (Å²) in [4.78, 5) is 11.8. The molecule has 0 bridgehead atoms. The van der Waals surface area contributed by atoms with Crippen LogP contribution < -0.4 is 0 Å². The zero-order chi connectivity index (χ0) is 20.5. The maximum atomic E-state index is 11.8. The molecule has 28 heavy (non-hydrogen) atoms. The van der Waals surface area contributed by atoms with Gasteiger partial charge in [-0.3, -0.25) is 4.79 Å². The highest BCUT2D eigenvalue weighted by Gasteiger charge is 2.33. The molecule has 1 atom stereocenters. The molecule has 0 aromatic rings. The van der Waals surface area contributed by atoms with Crippen molar-refractivity contribution in [2.24, 2.45) is 0 Å². The minimum absolute atomic E-state index is 0.126. The van der Waals surface area contributed by atoms with E-state index in [1.54, 1.807) is 0 Å². The highest BCUT2D eigenvalue weighted by Crippen LogP contribution is 2.22. The van der Waals surface area contributed by atoms with Gasteiger partial charge in [0.05, 0.1) is 6.61 Å². The van der Waals surface area contributed by atoms with Crippen LogP contribution in [0.3, 0.4) is 0 Å². The van der Waals surface area contributed by atoms with E-state index in [0.29, 0.717) is 19.6 Å². The smallest absolute Gasteiger partial charge is 0.305 e. The Labute approximate surface area is 172 Å². The first-order valence-electron chi connectivity index (χ1n) is 11.3. The van der Waals surface area contributed by atoms with E-state index in [0.717, 1.165) is 25.7 Å². The monoisotopic (exact) mass is 394 g/mol. The highest BCUT2D eigenvalue weighted by molar-refractivity contribution is 5.69. The Morgan fingerprint density at radius 2 is 1.61 bits per heavy atom. The third kappa shape index (κ3) is 14.0. The molecule has 4 nitrogen and oxygen atoms in total. The van der Waals surface area contributed by atoms with Crippen molar-refractivity contribution in [2.75, 3.05) is 13.2 Å². The molecule has 0 unspecified atom stereocenters. The van der Waals surface area contributed by atoms with Crippen LogP contribution in [0.15, 0.2) is 24.3 Å². The molecule has 0 amide bonds. The Kier molecular flexibility index (Phi) is 14.0. The Balaban J connectivity index is 1.84. The summed E-state index contributed by atoms with van der Waals surface area (Å²) in [5, 5.41) is 0. The van der Waals surface area contributed by atoms with Crippen molar-refractivity contribution < 1.29 is 19.0 Å². The van der Waals surface area contributed by atoms with Crippen LogP contribution in [0, 0.1) is 0 Å². The Hall–Kier alpha value is -1.13. The predicted octanol–water partition coefficient (Wildman–Crippen LogP) is 6.49. The standard InChI is InChI=1S/C24H42O4/c1-4-5-6-7-8-9-10-11-12-13-14-15-16-17-18-19-23(25)26-20-22-21-27-24(2,3)28-22/h8-9,11-12,22H,4-7,10,13-21H2,1-3H3/b9-8+,12-11+/t22-/m1/s1. The summed E-state index contributed by atoms with van der Waals surface area (Å²) in [6.07, 6.45) is 22.5. The van der Waals surface area contributed by atoms with Crippen molar-refractivity contribution >= 4 is 5.97 Å². The average Bonchev–Trinajstić information content (AvgIpc) is 3.02. The number of allylic oxidation sites excluding steroid dienone is 4. The lowest BCUT2D eigenvalue weighted by Crippen LogP contribution is -2.25. The van der Waals surface area contributed by atoms with Gasteiger partial charge in [0.15, 0.2) is 5.79 Å². The van der Waals surface area contributed by atoms with Crippen LogP contribution >= 0.6 is 0 Å². The van der Waals surface area contributed by atoms with Gasteiger partial charge < -0.3 is 14.2 Å². The van der Waals surface area contributed by atoms with Gasteiger partial charge in [0.2, 0.25) is 0 Å². The van der Waals surface area contributed by atoms with E-state index >= 15 is 0 Å². The zero-order valence-electron chi connectivity index (χ0n) is 18.4. The minimum Gasteiger partial charge on any atom is -0.463 e. The minimum atomic E-state index is -0.558. The number of ether oxygens (including phenoxy) is 3. The van der Waals surface area contributed by atoms with Gasteiger partial charge in [0.25, 0.3) is 0 Å². The molecule has 0 saturated carbocycles. The first-order valence-corrected chi connectivity index (χ1v) is 11.3. The molecule has 1 aliphatic heterocycles. The molecule has 0 radical (unpaired) electrons. The highest BCUT2D eigenvalue weighted by atomic mass is 16.7. The molecule has 0 spiro atoms. The number of carbonyl (C=O) groups excluding carboxylic acids is 1. The van der Waals surface area contributed by atoms with Gasteiger partial charge in [0, 0.05) is 6.42 Å². The summed E-state index contributed by atoms with van der Waals surface area (Å²) in [6, 6.07) is 0. The molecule has 1 rings (SSSR count). The second-order valence-corrected chi connectivity index (χ2v) is 8.11. The van der Waals surface area contributed by atoms with Crippen LogP contribution in [0.1, 0.15) is 97.8 Å².